The summed E-state index contributed by atoms with van der Waals surface area (Å²) in [7, 11) is 0. The van der Waals surface area contributed by atoms with E-state index in [1.807, 2.05) is 37.3 Å². The van der Waals surface area contributed by atoms with Crippen molar-refractivity contribution in [2.24, 2.45) is 0 Å². The number of nitrogens with zero attached hydrogens (tertiary/aromatic N) is 2. The van der Waals surface area contributed by atoms with Gasteiger partial charge in [0.2, 0.25) is 0 Å². The molecule has 0 saturated heterocycles. The summed E-state index contributed by atoms with van der Waals surface area (Å²) in [5, 5.41) is 5.54. The van der Waals surface area contributed by atoms with Gasteiger partial charge >= 0.3 is 0 Å². The van der Waals surface area contributed by atoms with E-state index in [0.717, 1.165) is 24.1 Å². The van der Waals surface area contributed by atoms with E-state index < -0.39 is 17.5 Å². The number of hydrogen-bond acceptors (Lipinski definition) is 4. The summed E-state index contributed by atoms with van der Waals surface area (Å²) in [6.07, 6.45) is 0.882. The van der Waals surface area contributed by atoms with Crippen LogP contribution in [0.4, 0.5) is 20.3 Å². The normalized spacial score (nSPS) is 10.5. The van der Waals surface area contributed by atoms with Crippen LogP contribution in [0.1, 0.15) is 23.8 Å². The van der Waals surface area contributed by atoms with E-state index in [1.54, 1.807) is 0 Å². The summed E-state index contributed by atoms with van der Waals surface area (Å²) < 4.78 is 26.9. The summed E-state index contributed by atoms with van der Waals surface area (Å²) in [5.41, 5.74) is 0.704. The fourth-order valence-corrected chi connectivity index (χ4v) is 2.40. The zero-order chi connectivity index (χ0) is 19.2. The Morgan fingerprint density at radius 1 is 1.04 bits per heavy atom. The Morgan fingerprint density at radius 3 is 2.52 bits per heavy atom. The van der Waals surface area contributed by atoms with Crippen LogP contribution in [0.25, 0.3) is 11.4 Å². The second-order valence-corrected chi connectivity index (χ2v) is 5.83. The van der Waals surface area contributed by atoms with Crippen molar-refractivity contribution in [1.82, 2.24) is 9.97 Å². The van der Waals surface area contributed by atoms with Gasteiger partial charge in [-0.15, -0.1) is 0 Å². The van der Waals surface area contributed by atoms with E-state index in [0.29, 0.717) is 24.3 Å². The summed E-state index contributed by atoms with van der Waals surface area (Å²) in [5.74, 6) is -1.31. The molecule has 138 valence electrons. The minimum Gasteiger partial charge on any atom is -0.370 e. The Bertz CT molecular complexity index is 948. The van der Waals surface area contributed by atoms with Gasteiger partial charge in [0, 0.05) is 24.2 Å². The molecule has 1 amide bonds. The van der Waals surface area contributed by atoms with Crippen LogP contribution in [-0.4, -0.2) is 22.4 Å². The fraction of sp³-hybridized carbons (Fsp3) is 0.150. The van der Waals surface area contributed by atoms with Gasteiger partial charge in [-0.3, -0.25) is 4.79 Å². The molecule has 1 heterocycles. The number of amides is 1. The molecule has 27 heavy (non-hydrogen) atoms. The highest BCUT2D eigenvalue weighted by molar-refractivity contribution is 6.03. The van der Waals surface area contributed by atoms with Crippen LogP contribution in [0.2, 0.25) is 0 Å². The van der Waals surface area contributed by atoms with Gasteiger partial charge in [0.05, 0.1) is 5.69 Å². The summed E-state index contributed by atoms with van der Waals surface area (Å²) in [4.78, 5) is 21.3. The molecule has 0 aliphatic rings. The molecule has 1 aromatic heterocycles. The molecule has 0 radical (unpaired) electrons. The van der Waals surface area contributed by atoms with Crippen molar-refractivity contribution in [3.05, 3.63) is 71.9 Å². The van der Waals surface area contributed by atoms with Crippen molar-refractivity contribution >= 4 is 17.4 Å². The molecule has 7 heteroatoms. The van der Waals surface area contributed by atoms with Crippen molar-refractivity contribution < 1.29 is 13.6 Å². The molecule has 0 saturated carbocycles. The number of nitrogens with one attached hydrogen (secondary N) is 2. The summed E-state index contributed by atoms with van der Waals surface area (Å²) in [6.45, 7) is 2.69. The standard InChI is InChI=1S/C20H18F2N4O/c1-2-10-23-18-12-17(24-19(26-18)13-6-4-3-5-7-13)20(27)25-16-9-8-14(21)11-15(16)22/h3-9,11-12H,2,10H2,1H3,(H,25,27)(H,23,24,26). The van der Waals surface area contributed by atoms with Crippen LogP contribution < -0.4 is 10.6 Å². The third-order valence-corrected chi connectivity index (χ3v) is 3.73. The minimum atomic E-state index is -0.856. The van der Waals surface area contributed by atoms with Crippen LogP contribution in [0.3, 0.4) is 0 Å². The lowest BCUT2D eigenvalue weighted by molar-refractivity contribution is 0.102. The number of anilines is 2. The Hall–Kier alpha value is -3.35. The molecule has 3 aromatic rings. The highest BCUT2D eigenvalue weighted by atomic mass is 19.1. The molecule has 0 fully saturated rings. The Kier molecular flexibility index (Phi) is 5.71. The molecule has 2 aromatic carbocycles. The second-order valence-electron chi connectivity index (χ2n) is 5.83. The topological polar surface area (TPSA) is 66.9 Å². The van der Waals surface area contributed by atoms with Crippen LogP contribution >= 0.6 is 0 Å². The molecule has 3 rings (SSSR count). The van der Waals surface area contributed by atoms with Crippen LogP contribution in [0.5, 0.6) is 0 Å². The number of benzene rings is 2. The lowest BCUT2D eigenvalue weighted by Crippen LogP contribution is -2.16. The average molecular weight is 368 g/mol. The van der Waals surface area contributed by atoms with Crippen molar-refractivity contribution in [2.75, 3.05) is 17.2 Å². The van der Waals surface area contributed by atoms with Gasteiger partial charge < -0.3 is 10.6 Å². The van der Waals surface area contributed by atoms with Gasteiger partial charge in [-0.2, -0.15) is 0 Å². The molecule has 0 aliphatic carbocycles. The molecule has 0 atom stereocenters. The third-order valence-electron chi connectivity index (χ3n) is 3.73. The van der Waals surface area contributed by atoms with Crippen LogP contribution in [-0.2, 0) is 0 Å². The van der Waals surface area contributed by atoms with Gasteiger partial charge in [0.25, 0.3) is 5.91 Å². The van der Waals surface area contributed by atoms with E-state index in [9.17, 15) is 13.6 Å². The SMILES string of the molecule is CCCNc1cc(C(=O)Nc2ccc(F)cc2F)nc(-c2ccccc2)n1. The maximum atomic E-state index is 13.8. The number of carbonyl (C=O) groups is 1. The predicted molar refractivity (Wildman–Crippen MR) is 101 cm³/mol. The van der Waals surface area contributed by atoms with Crippen molar-refractivity contribution in [2.45, 2.75) is 13.3 Å². The van der Waals surface area contributed by atoms with E-state index in [2.05, 4.69) is 20.6 Å². The maximum Gasteiger partial charge on any atom is 0.274 e. The maximum absolute atomic E-state index is 13.8. The van der Waals surface area contributed by atoms with E-state index in [-0.39, 0.29) is 11.4 Å². The number of carbonyl (C=O) groups excluding carboxylic acids is 1. The lowest BCUT2D eigenvalue weighted by Gasteiger charge is -2.10. The van der Waals surface area contributed by atoms with Gasteiger partial charge in [0.1, 0.15) is 23.1 Å². The van der Waals surface area contributed by atoms with Crippen molar-refractivity contribution in [3.63, 3.8) is 0 Å². The first-order valence-corrected chi connectivity index (χ1v) is 8.51. The smallest absolute Gasteiger partial charge is 0.274 e. The highest BCUT2D eigenvalue weighted by Crippen LogP contribution is 2.20. The molecule has 0 unspecified atom stereocenters. The molecule has 2 N–H and O–H groups in total. The lowest BCUT2D eigenvalue weighted by atomic mass is 10.2. The molecule has 5 nitrogen and oxygen atoms in total. The molecule has 0 spiro atoms. The van der Waals surface area contributed by atoms with Crippen molar-refractivity contribution in [1.29, 1.82) is 0 Å². The van der Waals surface area contributed by atoms with Gasteiger partial charge in [-0.25, -0.2) is 18.7 Å². The number of aromatic nitrogens is 2. The Labute approximate surface area is 155 Å². The van der Waals surface area contributed by atoms with E-state index in [1.165, 1.54) is 6.07 Å². The van der Waals surface area contributed by atoms with Gasteiger partial charge in [-0.1, -0.05) is 37.3 Å². The molecular formula is C20H18F2N4O. The minimum absolute atomic E-state index is 0.0752. The molecule has 0 bridgehead atoms. The van der Waals surface area contributed by atoms with Crippen LogP contribution in [0, 0.1) is 11.6 Å². The fourth-order valence-electron chi connectivity index (χ4n) is 2.40. The van der Waals surface area contributed by atoms with E-state index >= 15 is 0 Å². The summed E-state index contributed by atoms with van der Waals surface area (Å²) >= 11 is 0. The number of hydrogen-bond donors (Lipinski definition) is 2. The summed E-state index contributed by atoms with van der Waals surface area (Å²) in [6, 6.07) is 13.7. The number of rotatable bonds is 6. The zero-order valence-electron chi connectivity index (χ0n) is 14.7. The quantitative estimate of drug-likeness (QED) is 0.672. The van der Waals surface area contributed by atoms with Crippen molar-refractivity contribution in [3.8, 4) is 11.4 Å². The van der Waals surface area contributed by atoms with Crippen LogP contribution in [0.15, 0.2) is 54.6 Å². The largest absolute Gasteiger partial charge is 0.370 e. The first-order valence-electron chi connectivity index (χ1n) is 8.51. The Morgan fingerprint density at radius 2 is 1.81 bits per heavy atom. The first kappa shape index (κ1) is 18.4. The molecular weight excluding hydrogens is 350 g/mol. The third kappa shape index (κ3) is 4.63. The highest BCUT2D eigenvalue weighted by Gasteiger charge is 2.15. The van der Waals surface area contributed by atoms with E-state index in [4.69, 9.17) is 0 Å². The zero-order valence-corrected chi connectivity index (χ0v) is 14.7. The average Bonchev–Trinajstić information content (AvgIpc) is 2.69. The van der Waals surface area contributed by atoms with Gasteiger partial charge in [0.15, 0.2) is 5.82 Å². The second kappa shape index (κ2) is 8.35. The number of halogens is 2. The predicted octanol–water partition coefficient (Wildman–Crippen LogP) is 4.50. The first-order chi connectivity index (χ1) is 13.1. The monoisotopic (exact) mass is 368 g/mol. The Balaban J connectivity index is 1.94. The molecule has 0 aliphatic heterocycles. The van der Waals surface area contributed by atoms with Gasteiger partial charge in [-0.05, 0) is 18.6 Å².